The Morgan fingerprint density at radius 1 is 1.13 bits per heavy atom. The number of para-hydroxylation sites is 1. The summed E-state index contributed by atoms with van der Waals surface area (Å²) in [6.07, 6.45) is 2.85. The van der Waals surface area contributed by atoms with Gasteiger partial charge in [0.25, 0.3) is 0 Å². The van der Waals surface area contributed by atoms with Crippen molar-refractivity contribution >= 4 is 10.9 Å². The third kappa shape index (κ3) is 2.20. The van der Waals surface area contributed by atoms with Gasteiger partial charge in [0.2, 0.25) is 0 Å². The van der Waals surface area contributed by atoms with Crippen LogP contribution in [0.25, 0.3) is 10.9 Å². The summed E-state index contributed by atoms with van der Waals surface area (Å²) in [4.78, 5) is 0. The van der Waals surface area contributed by atoms with Gasteiger partial charge in [-0.2, -0.15) is 0 Å². The lowest BCUT2D eigenvalue weighted by Gasteiger charge is -1.98. The quantitative estimate of drug-likeness (QED) is 0.735. The van der Waals surface area contributed by atoms with Crippen LogP contribution in [0.3, 0.4) is 0 Å². The number of hydrogen-bond donors (Lipinski definition) is 1. The second kappa shape index (κ2) is 4.68. The molecule has 2 nitrogen and oxygen atoms in total. The van der Waals surface area contributed by atoms with Gasteiger partial charge in [0.1, 0.15) is 0 Å². The molecule has 0 amide bonds. The summed E-state index contributed by atoms with van der Waals surface area (Å²) < 4.78 is 2.15. The second-order valence-electron chi connectivity index (χ2n) is 3.39. The summed E-state index contributed by atoms with van der Waals surface area (Å²) >= 11 is 0. The van der Waals surface area contributed by atoms with Crippen LogP contribution in [0, 0.1) is 11.8 Å². The monoisotopic (exact) mass is 198 g/mol. The Balaban J connectivity index is 2.19. The Kier molecular flexibility index (Phi) is 3.06. The number of rotatable bonds is 2. The highest BCUT2D eigenvalue weighted by atomic mass is 14.9. The molecule has 1 aromatic heterocycles. The zero-order valence-corrected chi connectivity index (χ0v) is 8.61. The molecule has 2 N–H and O–H groups in total. The van der Waals surface area contributed by atoms with Crippen LogP contribution in [0.15, 0.2) is 36.5 Å². The van der Waals surface area contributed by atoms with Crippen molar-refractivity contribution in [1.29, 1.82) is 0 Å². The topological polar surface area (TPSA) is 30.9 Å². The number of fused-ring (bicyclic) bond motifs is 1. The summed E-state index contributed by atoms with van der Waals surface area (Å²) in [6, 6.07) is 10.4. The first-order chi connectivity index (χ1) is 7.42. The molecule has 0 aliphatic heterocycles. The van der Waals surface area contributed by atoms with Gasteiger partial charge in [0, 0.05) is 24.7 Å². The molecule has 0 saturated carbocycles. The molecule has 0 unspecified atom stereocenters. The smallest absolute Gasteiger partial charge is 0.0837 e. The molecule has 2 heteroatoms. The molecule has 2 aromatic rings. The molecule has 0 atom stereocenters. The van der Waals surface area contributed by atoms with E-state index in [-0.39, 0.29) is 0 Å². The molecule has 0 aliphatic carbocycles. The predicted octanol–water partition coefficient (Wildman–Crippen LogP) is 1.99. The Labute approximate surface area is 89.7 Å². The van der Waals surface area contributed by atoms with E-state index in [0.717, 1.165) is 13.0 Å². The maximum atomic E-state index is 5.37. The second-order valence-corrected chi connectivity index (χ2v) is 3.39. The highest BCUT2D eigenvalue weighted by Gasteiger charge is 1.96. The van der Waals surface area contributed by atoms with Crippen molar-refractivity contribution in [3.63, 3.8) is 0 Å². The Morgan fingerprint density at radius 3 is 2.87 bits per heavy atom. The minimum absolute atomic E-state index is 0.638. The van der Waals surface area contributed by atoms with Gasteiger partial charge >= 0.3 is 0 Å². The van der Waals surface area contributed by atoms with Crippen molar-refractivity contribution < 1.29 is 0 Å². The minimum Gasteiger partial charge on any atom is -0.336 e. The molecule has 15 heavy (non-hydrogen) atoms. The molecule has 0 spiro atoms. The van der Waals surface area contributed by atoms with Crippen LogP contribution in [0.4, 0.5) is 0 Å². The van der Waals surface area contributed by atoms with Gasteiger partial charge in [-0.1, -0.05) is 24.1 Å². The standard InChI is InChI=1S/C13H14N2/c14-9-4-1-5-10-15-11-8-12-6-2-3-7-13(12)15/h2-3,6-8,11H,4,9-10,14H2. The fourth-order valence-electron chi connectivity index (χ4n) is 1.58. The maximum Gasteiger partial charge on any atom is 0.0837 e. The van der Waals surface area contributed by atoms with Gasteiger partial charge in [-0.25, -0.2) is 0 Å². The first kappa shape index (κ1) is 9.82. The van der Waals surface area contributed by atoms with E-state index in [2.05, 4.69) is 40.8 Å². The van der Waals surface area contributed by atoms with Crippen LogP contribution < -0.4 is 5.73 Å². The van der Waals surface area contributed by atoms with Gasteiger partial charge in [0.15, 0.2) is 0 Å². The van der Waals surface area contributed by atoms with Crippen molar-refractivity contribution in [3.8, 4) is 11.8 Å². The first-order valence-corrected chi connectivity index (χ1v) is 5.11. The third-order valence-electron chi connectivity index (χ3n) is 2.32. The summed E-state index contributed by atoms with van der Waals surface area (Å²) in [5, 5.41) is 1.26. The summed E-state index contributed by atoms with van der Waals surface area (Å²) in [5.41, 5.74) is 6.60. The lowest BCUT2D eigenvalue weighted by molar-refractivity contribution is 0.883. The van der Waals surface area contributed by atoms with Crippen molar-refractivity contribution in [3.05, 3.63) is 36.5 Å². The fraction of sp³-hybridized carbons (Fsp3) is 0.231. The van der Waals surface area contributed by atoms with Gasteiger partial charge in [-0.15, -0.1) is 5.92 Å². The van der Waals surface area contributed by atoms with E-state index < -0.39 is 0 Å². The summed E-state index contributed by atoms with van der Waals surface area (Å²) in [7, 11) is 0. The van der Waals surface area contributed by atoms with Gasteiger partial charge in [-0.3, -0.25) is 0 Å². The SMILES string of the molecule is NCCC#CCn1ccc2ccccc21. The van der Waals surface area contributed by atoms with Crippen molar-refractivity contribution in [1.82, 2.24) is 4.57 Å². The fourth-order valence-corrected chi connectivity index (χ4v) is 1.58. The normalized spacial score (nSPS) is 9.93. The largest absolute Gasteiger partial charge is 0.336 e. The van der Waals surface area contributed by atoms with E-state index in [1.54, 1.807) is 0 Å². The number of nitrogens with zero attached hydrogens (tertiary/aromatic N) is 1. The van der Waals surface area contributed by atoms with E-state index in [1.165, 1.54) is 10.9 Å². The number of aromatic nitrogens is 1. The van der Waals surface area contributed by atoms with Crippen LogP contribution in [-0.4, -0.2) is 11.1 Å². The van der Waals surface area contributed by atoms with E-state index in [9.17, 15) is 0 Å². The van der Waals surface area contributed by atoms with Crippen molar-refractivity contribution in [2.45, 2.75) is 13.0 Å². The van der Waals surface area contributed by atoms with Crippen LogP contribution in [0.2, 0.25) is 0 Å². The highest BCUT2D eigenvalue weighted by molar-refractivity contribution is 5.79. The summed E-state index contributed by atoms with van der Waals surface area (Å²) in [5.74, 6) is 6.16. The molecule has 2 rings (SSSR count). The zero-order chi connectivity index (χ0) is 10.5. The molecule has 0 saturated heterocycles. The molecule has 1 heterocycles. The molecule has 1 aromatic carbocycles. The lowest BCUT2D eigenvalue weighted by atomic mass is 10.2. The maximum absolute atomic E-state index is 5.37. The zero-order valence-electron chi connectivity index (χ0n) is 8.61. The number of benzene rings is 1. The molecular weight excluding hydrogens is 184 g/mol. The highest BCUT2D eigenvalue weighted by Crippen LogP contribution is 2.14. The van der Waals surface area contributed by atoms with Crippen molar-refractivity contribution in [2.24, 2.45) is 5.73 Å². The molecular formula is C13H14N2. The third-order valence-corrected chi connectivity index (χ3v) is 2.32. The molecule has 0 bridgehead atoms. The van der Waals surface area contributed by atoms with Crippen LogP contribution in [0.5, 0.6) is 0 Å². The van der Waals surface area contributed by atoms with Gasteiger partial charge in [0.05, 0.1) is 6.54 Å². The molecule has 76 valence electrons. The van der Waals surface area contributed by atoms with Crippen LogP contribution in [-0.2, 0) is 6.54 Å². The summed E-state index contributed by atoms with van der Waals surface area (Å²) in [6.45, 7) is 1.38. The predicted molar refractivity (Wildman–Crippen MR) is 63.4 cm³/mol. The number of hydrogen-bond acceptors (Lipinski definition) is 1. The average molecular weight is 198 g/mol. The molecule has 0 fully saturated rings. The Morgan fingerprint density at radius 2 is 2.00 bits per heavy atom. The average Bonchev–Trinajstić information content (AvgIpc) is 2.68. The van der Waals surface area contributed by atoms with E-state index in [0.29, 0.717) is 6.54 Å². The van der Waals surface area contributed by atoms with Gasteiger partial charge in [-0.05, 0) is 17.5 Å². The van der Waals surface area contributed by atoms with Crippen LogP contribution in [0.1, 0.15) is 6.42 Å². The minimum atomic E-state index is 0.638. The van der Waals surface area contributed by atoms with Crippen molar-refractivity contribution in [2.75, 3.05) is 6.54 Å². The molecule has 0 radical (unpaired) electrons. The van der Waals surface area contributed by atoms with E-state index in [4.69, 9.17) is 5.73 Å². The van der Waals surface area contributed by atoms with Gasteiger partial charge < -0.3 is 10.3 Å². The van der Waals surface area contributed by atoms with E-state index in [1.807, 2.05) is 12.1 Å². The lowest BCUT2D eigenvalue weighted by Crippen LogP contribution is -1.96. The Hall–Kier alpha value is -1.72. The Bertz CT molecular complexity index is 500. The molecule has 0 aliphatic rings. The van der Waals surface area contributed by atoms with E-state index >= 15 is 0 Å². The van der Waals surface area contributed by atoms with Crippen LogP contribution >= 0.6 is 0 Å². The number of nitrogens with two attached hydrogens (primary N) is 1. The first-order valence-electron chi connectivity index (χ1n) is 5.11.